The average molecular weight is 311 g/mol. The number of hydrogen-bond donors (Lipinski definition) is 0. The van der Waals surface area contributed by atoms with Crippen LogP contribution in [-0.4, -0.2) is 24.9 Å². The van der Waals surface area contributed by atoms with Crippen LogP contribution < -0.4 is 0 Å². The minimum Gasteiger partial charge on any atom is -0.339 e. The quantitative estimate of drug-likeness (QED) is 0.724. The number of aromatic nitrogens is 5. The zero-order valence-electron chi connectivity index (χ0n) is 13.9. The molecule has 0 bridgehead atoms. The predicted molar refractivity (Wildman–Crippen MR) is 87.0 cm³/mol. The first-order valence-corrected chi connectivity index (χ1v) is 7.80. The lowest BCUT2D eigenvalue weighted by molar-refractivity contribution is 0.379. The Labute approximate surface area is 135 Å². The highest BCUT2D eigenvalue weighted by atomic mass is 16.5. The van der Waals surface area contributed by atoms with Crippen molar-refractivity contribution >= 4 is 0 Å². The molecular weight excluding hydrogens is 290 g/mol. The molecule has 3 rings (SSSR count). The molecule has 0 aliphatic rings. The van der Waals surface area contributed by atoms with Crippen molar-refractivity contribution < 1.29 is 4.52 Å². The Bertz CT molecular complexity index is 803. The van der Waals surface area contributed by atoms with E-state index < -0.39 is 0 Å². The van der Waals surface area contributed by atoms with Gasteiger partial charge in [-0.1, -0.05) is 25.1 Å². The molecule has 0 saturated heterocycles. The van der Waals surface area contributed by atoms with Crippen molar-refractivity contribution in [3.63, 3.8) is 0 Å². The molecule has 23 heavy (non-hydrogen) atoms. The summed E-state index contributed by atoms with van der Waals surface area (Å²) in [6, 6.07) is 2.13. The van der Waals surface area contributed by atoms with E-state index in [1.165, 1.54) is 5.56 Å². The fourth-order valence-electron chi connectivity index (χ4n) is 2.58. The van der Waals surface area contributed by atoms with Gasteiger partial charge in [-0.25, -0.2) is 0 Å². The molecule has 0 spiro atoms. The Morgan fingerprint density at radius 2 is 2.04 bits per heavy atom. The van der Waals surface area contributed by atoms with Crippen molar-refractivity contribution in [1.29, 1.82) is 0 Å². The van der Waals surface area contributed by atoms with Gasteiger partial charge in [0.2, 0.25) is 11.7 Å². The zero-order valence-corrected chi connectivity index (χ0v) is 13.9. The van der Waals surface area contributed by atoms with Crippen LogP contribution in [0.25, 0.3) is 11.4 Å². The van der Waals surface area contributed by atoms with Crippen molar-refractivity contribution in [1.82, 2.24) is 24.9 Å². The molecule has 0 unspecified atom stereocenters. The van der Waals surface area contributed by atoms with E-state index in [0.29, 0.717) is 24.1 Å². The van der Waals surface area contributed by atoms with Crippen molar-refractivity contribution in [2.45, 2.75) is 39.5 Å². The fourth-order valence-corrected chi connectivity index (χ4v) is 2.58. The van der Waals surface area contributed by atoms with Crippen molar-refractivity contribution in [3.8, 4) is 11.4 Å². The lowest BCUT2D eigenvalue weighted by atomic mass is 10.1. The summed E-state index contributed by atoms with van der Waals surface area (Å²) in [5.74, 6) is 1.56. The molecule has 0 radical (unpaired) electrons. The van der Waals surface area contributed by atoms with E-state index in [4.69, 9.17) is 4.52 Å². The summed E-state index contributed by atoms with van der Waals surface area (Å²) < 4.78 is 7.19. The topological polar surface area (TPSA) is 69.6 Å². The zero-order chi connectivity index (χ0) is 16.4. The van der Waals surface area contributed by atoms with Crippen molar-refractivity contribution in [3.05, 3.63) is 47.4 Å². The average Bonchev–Trinajstić information content (AvgIpc) is 3.11. The van der Waals surface area contributed by atoms with Crippen molar-refractivity contribution in [2.24, 2.45) is 7.05 Å². The number of rotatable bonds is 5. The molecule has 3 heterocycles. The Morgan fingerprint density at radius 1 is 1.22 bits per heavy atom. The summed E-state index contributed by atoms with van der Waals surface area (Å²) in [5.41, 5.74) is 4.26. The first kappa shape index (κ1) is 15.4. The molecule has 0 aromatic carbocycles. The molecule has 6 nitrogen and oxygen atoms in total. The van der Waals surface area contributed by atoms with Crippen LogP contribution in [0.1, 0.15) is 42.5 Å². The number of aryl methyl sites for hydroxylation is 4. The molecule has 3 aromatic heterocycles. The maximum absolute atomic E-state index is 5.40. The summed E-state index contributed by atoms with van der Waals surface area (Å²) >= 11 is 0. The number of hydrogen-bond acceptors (Lipinski definition) is 5. The van der Waals surface area contributed by atoms with Gasteiger partial charge in [-0.05, 0) is 30.4 Å². The van der Waals surface area contributed by atoms with Gasteiger partial charge in [0.05, 0.1) is 11.3 Å². The molecule has 0 fully saturated rings. The van der Waals surface area contributed by atoms with E-state index in [0.717, 1.165) is 23.2 Å². The molecule has 6 heteroatoms. The number of pyridine rings is 1. The van der Waals surface area contributed by atoms with Gasteiger partial charge in [0.15, 0.2) is 0 Å². The van der Waals surface area contributed by atoms with Gasteiger partial charge in [-0.15, -0.1) is 0 Å². The second-order valence-electron chi connectivity index (χ2n) is 6.14. The first-order chi connectivity index (χ1) is 11.0. The highest BCUT2D eigenvalue weighted by Crippen LogP contribution is 2.25. The van der Waals surface area contributed by atoms with Gasteiger partial charge in [0, 0.05) is 32.1 Å². The van der Waals surface area contributed by atoms with E-state index in [2.05, 4.69) is 40.1 Å². The summed E-state index contributed by atoms with van der Waals surface area (Å²) in [5, 5.41) is 8.60. The van der Waals surface area contributed by atoms with Gasteiger partial charge in [0.25, 0.3) is 0 Å². The lowest BCUT2D eigenvalue weighted by Crippen LogP contribution is -1.95. The highest BCUT2D eigenvalue weighted by Gasteiger charge is 2.18. The number of nitrogens with zero attached hydrogens (tertiary/aromatic N) is 5. The molecule has 0 amide bonds. The molecular formula is C17H21N5O. The highest BCUT2D eigenvalue weighted by molar-refractivity contribution is 5.57. The van der Waals surface area contributed by atoms with Gasteiger partial charge in [-0.3, -0.25) is 9.67 Å². The molecule has 120 valence electrons. The Morgan fingerprint density at radius 3 is 2.78 bits per heavy atom. The summed E-state index contributed by atoms with van der Waals surface area (Å²) in [4.78, 5) is 8.73. The standard InChI is InChI=1S/C17H21N5O/c1-11(2)16-14(10-22(4)20-16)17-19-15(23-21-17)6-5-13-7-12(3)8-18-9-13/h7-11H,5-6H2,1-4H3. The maximum atomic E-state index is 5.40. The Kier molecular flexibility index (Phi) is 4.23. The van der Waals surface area contributed by atoms with Crippen LogP contribution in [0.15, 0.2) is 29.2 Å². The second-order valence-corrected chi connectivity index (χ2v) is 6.14. The second kappa shape index (κ2) is 6.32. The summed E-state index contributed by atoms with van der Waals surface area (Å²) in [6.45, 7) is 6.26. The Hall–Kier alpha value is -2.50. The lowest BCUT2D eigenvalue weighted by Gasteiger charge is -2.00. The molecule has 0 aliphatic heterocycles. The Balaban J connectivity index is 1.76. The molecule has 0 aliphatic carbocycles. The summed E-state index contributed by atoms with van der Waals surface area (Å²) in [6.07, 6.45) is 7.21. The van der Waals surface area contributed by atoms with Crippen LogP contribution in [0, 0.1) is 6.92 Å². The van der Waals surface area contributed by atoms with Crippen molar-refractivity contribution in [2.75, 3.05) is 0 Å². The fraction of sp³-hybridized carbons (Fsp3) is 0.412. The normalized spacial score (nSPS) is 11.3. The molecule has 0 atom stereocenters. The minimum absolute atomic E-state index is 0.312. The van der Waals surface area contributed by atoms with E-state index in [-0.39, 0.29) is 0 Å². The van der Waals surface area contributed by atoms with Gasteiger partial charge < -0.3 is 4.52 Å². The maximum Gasteiger partial charge on any atom is 0.227 e. The summed E-state index contributed by atoms with van der Waals surface area (Å²) in [7, 11) is 1.90. The predicted octanol–water partition coefficient (Wildman–Crippen LogP) is 3.08. The third-order valence-corrected chi connectivity index (χ3v) is 3.67. The van der Waals surface area contributed by atoms with E-state index in [1.54, 1.807) is 4.68 Å². The smallest absolute Gasteiger partial charge is 0.227 e. The van der Waals surface area contributed by atoms with Crippen LogP contribution in [0.4, 0.5) is 0 Å². The third-order valence-electron chi connectivity index (χ3n) is 3.67. The monoisotopic (exact) mass is 311 g/mol. The largest absolute Gasteiger partial charge is 0.339 e. The van der Waals surface area contributed by atoms with E-state index in [1.807, 2.05) is 32.6 Å². The molecule has 3 aromatic rings. The van der Waals surface area contributed by atoms with Crippen LogP contribution >= 0.6 is 0 Å². The van der Waals surface area contributed by atoms with Crippen LogP contribution in [-0.2, 0) is 19.9 Å². The van der Waals surface area contributed by atoms with Crippen LogP contribution in [0.2, 0.25) is 0 Å². The van der Waals surface area contributed by atoms with E-state index in [9.17, 15) is 0 Å². The van der Waals surface area contributed by atoms with Gasteiger partial charge in [-0.2, -0.15) is 10.1 Å². The molecule has 0 saturated carbocycles. The van der Waals surface area contributed by atoms with E-state index >= 15 is 0 Å². The first-order valence-electron chi connectivity index (χ1n) is 7.80. The SMILES string of the molecule is Cc1cncc(CCc2nc(-c3cn(C)nc3C(C)C)no2)c1. The van der Waals surface area contributed by atoms with Crippen LogP contribution in [0.3, 0.4) is 0 Å². The van der Waals surface area contributed by atoms with Crippen LogP contribution in [0.5, 0.6) is 0 Å². The molecule has 0 N–H and O–H groups in total. The third kappa shape index (κ3) is 3.47. The minimum atomic E-state index is 0.312. The van der Waals surface area contributed by atoms with Gasteiger partial charge >= 0.3 is 0 Å². The van der Waals surface area contributed by atoms with Gasteiger partial charge in [0.1, 0.15) is 0 Å².